The SMILES string of the molecule is Cc1cc2c(N(C)CC3(O)CCOCC3)nc(Cl)nc2s1. The fourth-order valence-electron chi connectivity index (χ4n) is 2.72. The Morgan fingerprint density at radius 1 is 1.43 bits per heavy atom. The summed E-state index contributed by atoms with van der Waals surface area (Å²) in [5, 5.41) is 11.9. The van der Waals surface area contributed by atoms with Gasteiger partial charge in [-0.05, 0) is 24.6 Å². The minimum Gasteiger partial charge on any atom is -0.388 e. The highest BCUT2D eigenvalue weighted by Gasteiger charge is 2.32. The molecule has 0 aromatic carbocycles. The molecule has 3 rings (SSSR count). The van der Waals surface area contributed by atoms with Crippen molar-refractivity contribution in [3.63, 3.8) is 0 Å². The topological polar surface area (TPSA) is 58.5 Å². The molecule has 2 aromatic heterocycles. The second-order valence-corrected chi connectivity index (χ2v) is 7.16. The van der Waals surface area contributed by atoms with Crippen molar-refractivity contribution in [2.45, 2.75) is 25.4 Å². The molecule has 1 N–H and O–H groups in total. The van der Waals surface area contributed by atoms with Crippen LogP contribution in [0.5, 0.6) is 0 Å². The van der Waals surface area contributed by atoms with E-state index in [2.05, 4.69) is 16.0 Å². The standard InChI is InChI=1S/C14H18ClN3O2S/c1-9-7-10-11(16-13(15)17-12(10)21-9)18(2)8-14(19)3-5-20-6-4-14/h7,19H,3-6,8H2,1-2H3. The predicted octanol–water partition coefficient (Wildman–Crippen LogP) is 2.63. The van der Waals surface area contributed by atoms with Crippen molar-refractivity contribution in [3.8, 4) is 0 Å². The molecule has 21 heavy (non-hydrogen) atoms. The van der Waals surface area contributed by atoms with E-state index in [0.717, 1.165) is 16.0 Å². The van der Waals surface area contributed by atoms with Gasteiger partial charge in [-0.3, -0.25) is 0 Å². The van der Waals surface area contributed by atoms with Gasteiger partial charge < -0.3 is 14.7 Å². The molecule has 0 unspecified atom stereocenters. The van der Waals surface area contributed by atoms with Crippen LogP contribution in [0.15, 0.2) is 6.07 Å². The lowest BCUT2D eigenvalue weighted by molar-refractivity contribution is -0.0573. The molecule has 1 aliphatic heterocycles. The van der Waals surface area contributed by atoms with Gasteiger partial charge in [0, 0.05) is 44.5 Å². The van der Waals surface area contributed by atoms with Crippen LogP contribution in [-0.4, -0.2) is 47.5 Å². The van der Waals surface area contributed by atoms with E-state index in [0.29, 0.717) is 32.6 Å². The first-order valence-electron chi connectivity index (χ1n) is 6.92. The fraction of sp³-hybridized carbons (Fsp3) is 0.571. The summed E-state index contributed by atoms with van der Waals surface area (Å²) < 4.78 is 5.32. The van der Waals surface area contributed by atoms with Crippen LogP contribution in [0.1, 0.15) is 17.7 Å². The van der Waals surface area contributed by atoms with Crippen molar-refractivity contribution in [1.29, 1.82) is 0 Å². The van der Waals surface area contributed by atoms with Gasteiger partial charge in [0.15, 0.2) is 0 Å². The molecule has 1 saturated heterocycles. The Morgan fingerprint density at radius 3 is 2.86 bits per heavy atom. The molecule has 114 valence electrons. The molecule has 1 aliphatic rings. The number of halogens is 1. The average molecular weight is 328 g/mol. The summed E-state index contributed by atoms with van der Waals surface area (Å²) in [5.41, 5.74) is -0.734. The van der Waals surface area contributed by atoms with Crippen molar-refractivity contribution >= 4 is 39.0 Å². The number of anilines is 1. The second kappa shape index (κ2) is 5.68. The van der Waals surface area contributed by atoms with Crippen LogP contribution in [-0.2, 0) is 4.74 Å². The van der Waals surface area contributed by atoms with Gasteiger partial charge in [-0.15, -0.1) is 11.3 Å². The van der Waals surface area contributed by atoms with Crippen molar-refractivity contribution in [2.24, 2.45) is 0 Å². The normalized spacial score (nSPS) is 18.1. The van der Waals surface area contributed by atoms with Gasteiger partial charge in [0.2, 0.25) is 5.28 Å². The molecule has 5 nitrogen and oxygen atoms in total. The summed E-state index contributed by atoms with van der Waals surface area (Å²) >= 11 is 7.63. The minimum atomic E-state index is -0.734. The van der Waals surface area contributed by atoms with Crippen LogP contribution >= 0.6 is 22.9 Å². The highest BCUT2D eigenvalue weighted by molar-refractivity contribution is 7.18. The number of rotatable bonds is 3. The molecular formula is C14H18ClN3O2S. The van der Waals surface area contributed by atoms with E-state index >= 15 is 0 Å². The lowest BCUT2D eigenvalue weighted by Crippen LogP contribution is -2.46. The summed E-state index contributed by atoms with van der Waals surface area (Å²) in [7, 11) is 1.93. The van der Waals surface area contributed by atoms with Gasteiger partial charge in [0.1, 0.15) is 10.6 Å². The van der Waals surface area contributed by atoms with E-state index in [1.807, 2.05) is 18.9 Å². The lowest BCUT2D eigenvalue weighted by atomic mass is 9.94. The van der Waals surface area contributed by atoms with Crippen LogP contribution in [0.2, 0.25) is 5.28 Å². The van der Waals surface area contributed by atoms with E-state index in [1.165, 1.54) is 4.88 Å². The maximum Gasteiger partial charge on any atom is 0.225 e. The molecule has 0 amide bonds. The van der Waals surface area contributed by atoms with Gasteiger partial charge in [0.05, 0.1) is 11.0 Å². The number of nitrogens with zero attached hydrogens (tertiary/aromatic N) is 3. The van der Waals surface area contributed by atoms with Crippen molar-refractivity contribution in [3.05, 3.63) is 16.2 Å². The van der Waals surface area contributed by atoms with Crippen molar-refractivity contribution in [1.82, 2.24) is 9.97 Å². The van der Waals surface area contributed by atoms with Crippen molar-refractivity contribution in [2.75, 3.05) is 31.7 Å². The molecule has 2 aromatic rings. The first-order valence-corrected chi connectivity index (χ1v) is 8.11. The summed E-state index contributed by atoms with van der Waals surface area (Å²) in [4.78, 5) is 12.6. The number of fused-ring (bicyclic) bond motifs is 1. The summed E-state index contributed by atoms with van der Waals surface area (Å²) in [5.74, 6) is 0.772. The van der Waals surface area contributed by atoms with Gasteiger partial charge in [-0.25, -0.2) is 4.98 Å². The quantitative estimate of drug-likeness (QED) is 0.878. The Hall–Kier alpha value is -0.950. The average Bonchev–Trinajstić information content (AvgIpc) is 2.78. The Morgan fingerprint density at radius 2 is 2.14 bits per heavy atom. The lowest BCUT2D eigenvalue weighted by Gasteiger charge is -2.35. The molecule has 0 aliphatic carbocycles. The first kappa shape index (κ1) is 15.0. The summed E-state index contributed by atoms with van der Waals surface area (Å²) in [6.07, 6.45) is 1.28. The Balaban J connectivity index is 1.91. The highest BCUT2D eigenvalue weighted by atomic mass is 35.5. The smallest absolute Gasteiger partial charge is 0.225 e. The Kier molecular flexibility index (Phi) is 4.05. The Bertz CT molecular complexity index is 655. The van der Waals surface area contributed by atoms with Crippen LogP contribution < -0.4 is 4.90 Å². The third-order valence-electron chi connectivity index (χ3n) is 3.79. The van der Waals surface area contributed by atoms with Gasteiger partial charge in [0.25, 0.3) is 0 Å². The number of hydrogen-bond acceptors (Lipinski definition) is 6. The van der Waals surface area contributed by atoms with Crippen molar-refractivity contribution < 1.29 is 9.84 Å². The zero-order valence-electron chi connectivity index (χ0n) is 12.1. The number of aromatic nitrogens is 2. The van der Waals surface area contributed by atoms with Gasteiger partial charge in [-0.1, -0.05) is 0 Å². The Labute approximate surface area is 132 Å². The van der Waals surface area contributed by atoms with Crippen LogP contribution in [0.25, 0.3) is 10.2 Å². The molecule has 0 spiro atoms. The van der Waals surface area contributed by atoms with E-state index < -0.39 is 5.60 Å². The van der Waals surface area contributed by atoms with Gasteiger partial charge in [-0.2, -0.15) is 4.98 Å². The van der Waals surface area contributed by atoms with Crippen LogP contribution in [0.3, 0.4) is 0 Å². The van der Waals surface area contributed by atoms with E-state index in [4.69, 9.17) is 16.3 Å². The summed E-state index contributed by atoms with van der Waals surface area (Å²) in [6.45, 7) is 3.74. The number of thiophene rings is 1. The van der Waals surface area contributed by atoms with Gasteiger partial charge >= 0.3 is 0 Å². The molecule has 3 heterocycles. The van der Waals surface area contributed by atoms with E-state index in [-0.39, 0.29) is 5.28 Å². The maximum absolute atomic E-state index is 10.7. The fourth-order valence-corrected chi connectivity index (χ4v) is 3.81. The van der Waals surface area contributed by atoms with Crippen LogP contribution in [0, 0.1) is 6.92 Å². The monoisotopic (exact) mass is 327 g/mol. The molecule has 0 bridgehead atoms. The largest absolute Gasteiger partial charge is 0.388 e. The molecule has 1 fully saturated rings. The molecule has 0 atom stereocenters. The zero-order chi connectivity index (χ0) is 15.0. The van der Waals surface area contributed by atoms with E-state index in [9.17, 15) is 5.11 Å². The molecular weight excluding hydrogens is 310 g/mol. The second-order valence-electron chi connectivity index (χ2n) is 5.58. The maximum atomic E-state index is 10.7. The van der Waals surface area contributed by atoms with Crippen LogP contribution in [0.4, 0.5) is 5.82 Å². The third kappa shape index (κ3) is 3.13. The predicted molar refractivity (Wildman–Crippen MR) is 85.4 cm³/mol. The number of aliphatic hydroxyl groups is 1. The highest BCUT2D eigenvalue weighted by Crippen LogP contribution is 2.32. The number of hydrogen-bond donors (Lipinski definition) is 1. The third-order valence-corrected chi connectivity index (χ3v) is 4.90. The number of likely N-dealkylation sites (N-methyl/N-ethyl adjacent to an activating group) is 1. The minimum absolute atomic E-state index is 0.241. The first-order chi connectivity index (χ1) is 9.97. The summed E-state index contributed by atoms with van der Waals surface area (Å²) in [6, 6.07) is 2.07. The zero-order valence-corrected chi connectivity index (χ0v) is 13.7. The molecule has 7 heteroatoms. The van der Waals surface area contributed by atoms with E-state index in [1.54, 1.807) is 11.3 Å². The number of ether oxygens (including phenoxy) is 1. The molecule has 0 radical (unpaired) electrons. The molecule has 0 saturated carbocycles. The number of aryl methyl sites for hydroxylation is 1.